The minimum absolute atomic E-state index is 0.0494. The van der Waals surface area contributed by atoms with Crippen LogP contribution in [-0.4, -0.2) is 37.5 Å². The van der Waals surface area contributed by atoms with Gasteiger partial charge in [0.15, 0.2) is 0 Å². The van der Waals surface area contributed by atoms with Crippen molar-refractivity contribution in [1.29, 1.82) is 0 Å². The van der Waals surface area contributed by atoms with Crippen LogP contribution >= 0.6 is 45.2 Å². The summed E-state index contributed by atoms with van der Waals surface area (Å²) in [5.41, 5.74) is 6.17. The average molecular weight is 583 g/mol. The maximum absolute atomic E-state index is 11.4. The zero-order valence-corrected chi connectivity index (χ0v) is 19.0. The molecule has 8 heteroatoms. The molecule has 0 spiro atoms. The summed E-state index contributed by atoms with van der Waals surface area (Å²) in [6, 6.07) is 0. The van der Waals surface area contributed by atoms with Crippen LogP contribution in [0.25, 0.3) is 0 Å². The molecule has 1 rings (SSSR count). The lowest BCUT2D eigenvalue weighted by Crippen LogP contribution is -2.53. The molecule has 0 aromatic heterocycles. The van der Waals surface area contributed by atoms with Gasteiger partial charge in [-0.15, -0.1) is 0 Å². The van der Waals surface area contributed by atoms with Gasteiger partial charge in [0.2, 0.25) is 0 Å². The van der Waals surface area contributed by atoms with E-state index in [0.717, 1.165) is 38.4 Å². The number of aliphatic hydroxyl groups is 1. The van der Waals surface area contributed by atoms with Crippen LogP contribution in [0.2, 0.25) is 0 Å². The van der Waals surface area contributed by atoms with E-state index in [1.54, 1.807) is 0 Å². The molecule has 3 N–H and O–H groups in total. The van der Waals surface area contributed by atoms with Crippen molar-refractivity contribution in [2.75, 3.05) is 6.26 Å². The number of rotatable bonds is 9. The van der Waals surface area contributed by atoms with E-state index in [0.29, 0.717) is 12.8 Å². The van der Waals surface area contributed by atoms with Crippen LogP contribution < -0.4 is 5.73 Å². The average Bonchev–Trinajstić information content (AvgIpc) is 2.47. The van der Waals surface area contributed by atoms with Crippen LogP contribution in [0.1, 0.15) is 44.9 Å². The minimum Gasteiger partial charge on any atom is -0.392 e. The molecule has 1 fully saturated rings. The summed E-state index contributed by atoms with van der Waals surface area (Å²) in [5.74, 6) is -0.0494. The molecule has 0 unspecified atom stereocenters. The van der Waals surface area contributed by atoms with Gasteiger partial charge in [0.1, 0.15) is 0 Å². The Hall–Kier alpha value is 0.770. The normalized spacial score (nSPS) is 30.2. The lowest BCUT2D eigenvalue weighted by atomic mass is 9.69. The quantitative estimate of drug-likeness (QED) is 0.320. The Kier molecular flexibility index (Phi) is 10.3. The highest BCUT2D eigenvalue weighted by atomic mass is 127. The van der Waals surface area contributed by atoms with Gasteiger partial charge in [-0.1, -0.05) is 57.3 Å². The fraction of sp³-hybridized carbons (Fsp3) is 0.750. The van der Waals surface area contributed by atoms with E-state index >= 15 is 0 Å². The first kappa shape index (κ1) is 22.8. The fourth-order valence-electron chi connectivity index (χ4n) is 3.37. The third-order valence-electron chi connectivity index (χ3n) is 4.47. The lowest BCUT2D eigenvalue weighted by molar-refractivity contribution is 0.0369. The second-order valence-electron chi connectivity index (χ2n) is 6.45. The summed E-state index contributed by atoms with van der Waals surface area (Å²) in [6.07, 6.45) is 9.50. The Morgan fingerprint density at radius 3 is 2.71 bits per heavy atom. The van der Waals surface area contributed by atoms with E-state index < -0.39 is 21.8 Å². The first-order chi connectivity index (χ1) is 11.2. The van der Waals surface area contributed by atoms with Crippen molar-refractivity contribution < 1.29 is 17.7 Å². The number of halogens is 2. The standard InChI is InChI=1S/C16H27I2NO4S/c1-24(21,22)23-13(6-4-11-17)5-2-9-16(19)10-3-7-15(20)14(16)8-12-18/h4,8,11-15,20H,2-3,5-7,9-10,19H2,1H3/b11-4-,12-8-/t13-,14-,15+,16-/m1/s1. The van der Waals surface area contributed by atoms with Gasteiger partial charge in [-0.05, 0) is 53.1 Å². The maximum atomic E-state index is 11.4. The zero-order chi connectivity index (χ0) is 18.2. The van der Waals surface area contributed by atoms with E-state index in [2.05, 4.69) is 45.2 Å². The number of nitrogens with two attached hydrogens (primary N) is 1. The Morgan fingerprint density at radius 2 is 2.12 bits per heavy atom. The fourth-order valence-corrected chi connectivity index (χ4v) is 4.78. The van der Waals surface area contributed by atoms with Gasteiger partial charge in [0.25, 0.3) is 10.1 Å². The first-order valence-electron chi connectivity index (χ1n) is 8.09. The van der Waals surface area contributed by atoms with E-state index in [1.165, 1.54) is 0 Å². The monoisotopic (exact) mass is 583 g/mol. The number of aliphatic hydroxyl groups excluding tert-OH is 1. The topological polar surface area (TPSA) is 89.6 Å². The molecule has 0 aromatic carbocycles. The molecule has 0 aromatic rings. The predicted molar refractivity (Wildman–Crippen MR) is 115 cm³/mol. The van der Waals surface area contributed by atoms with Gasteiger partial charge in [0, 0.05) is 11.5 Å². The van der Waals surface area contributed by atoms with E-state index in [9.17, 15) is 13.5 Å². The van der Waals surface area contributed by atoms with Crippen molar-refractivity contribution in [3.05, 3.63) is 20.3 Å². The Morgan fingerprint density at radius 1 is 1.42 bits per heavy atom. The molecule has 0 saturated heterocycles. The summed E-state index contributed by atoms with van der Waals surface area (Å²) in [7, 11) is -3.47. The SMILES string of the molecule is CS(=O)(=O)O[C@@H](C/C=C\I)CCC[C@@]1(N)CCC[C@H](O)[C@H]1/C=C\I. The number of hydrogen-bond donors (Lipinski definition) is 2. The highest BCUT2D eigenvalue weighted by Gasteiger charge is 2.40. The maximum Gasteiger partial charge on any atom is 0.264 e. The molecule has 0 radical (unpaired) electrons. The lowest BCUT2D eigenvalue weighted by Gasteiger charge is -2.43. The smallest absolute Gasteiger partial charge is 0.264 e. The molecule has 1 aliphatic carbocycles. The largest absolute Gasteiger partial charge is 0.392 e. The summed E-state index contributed by atoms with van der Waals surface area (Å²) in [5, 5.41) is 10.3. The predicted octanol–water partition coefficient (Wildman–Crippen LogP) is 3.65. The molecule has 1 saturated carbocycles. The van der Waals surface area contributed by atoms with Crippen LogP contribution in [0.3, 0.4) is 0 Å². The number of hydrogen-bond acceptors (Lipinski definition) is 5. The molecular formula is C16H27I2NO4S. The molecule has 0 bridgehead atoms. The molecule has 24 heavy (non-hydrogen) atoms. The van der Waals surface area contributed by atoms with Gasteiger partial charge < -0.3 is 10.8 Å². The van der Waals surface area contributed by atoms with Crippen molar-refractivity contribution in [3.8, 4) is 0 Å². The van der Waals surface area contributed by atoms with Crippen molar-refractivity contribution in [1.82, 2.24) is 0 Å². The molecule has 0 aliphatic heterocycles. The second kappa shape index (κ2) is 10.8. The summed E-state index contributed by atoms with van der Waals surface area (Å²) < 4.78 is 31.7. The molecule has 5 nitrogen and oxygen atoms in total. The first-order valence-corrected chi connectivity index (χ1v) is 12.4. The van der Waals surface area contributed by atoms with Crippen LogP contribution in [0.5, 0.6) is 0 Å². The van der Waals surface area contributed by atoms with Crippen molar-refractivity contribution >= 4 is 55.3 Å². The molecule has 1 aliphatic rings. The zero-order valence-electron chi connectivity index (χ0n) is 13.9. The van der Waals surface area contributed by atoms with E-state index in [1.807, 2.05) is 20.3 Å². The van der Waals surface area contributed by atoms with Crippen LogP contribution in [0, 0.1) is 5.92 Å². The van der Waals surface area contributed by atoms with Crippen LogP contribution in [0.4, 0.5) is 0 Å². The van der Waals surface area contributed by atoms with Crippen molar-refractivity contribution in [3.63, 3.8) is 0 Å². The van der Waals surface area contributed by atoms with Gasteiger partial charge >= 0.3 is 0 Å². The molecule has 4 atom stereocenters. The molecular weight excluding hydrogens is 556 g/mol. The molecule has 140 valence electrons. The van der Waals surface area contributed by atoms with Gasteiger partial charge in [0.05, 0.1) is 18.5 Å². The summed E-state index contributed by atoms with van der Waals surface area (Å²) >= 11 is 4.26. The van der Waals surface area contributed by atoms with Gasteiger partial charge in [-0.2, -0.15) is 8.42 Å². The summed E-state index contributed by atoms with van der Waals surface area (Å²) in [4.78, 5) is 0. The molecule has 0 heterocycles. The highest BCUT2D eigenvalue weighted by Crippen LogP contribution is 2.37. The third kappa shape index (κ3) is 7.98. The summed E-state index contributed by atoms with van der Waals surface area (Å²) in [6.45, 7) is 0. The Balaban J connectivity index is 2.66. The Labute approximate surface area is 172 Å². The van der Waals surface area contributed by atoms with Gasteiger partial charge in [-0.3, -0.25) is 4.18 Å². The van der Waals surface area contributed by atoms with Crippen molar-refractivity contribution in [2.45, 2.75) is 62.7 Å². The second-order valence-corrected chi connectivity index (χ2v) is 9.49. The third-order valence-corrected chi connectivity index (χ3v) is 6.01. The van der Waals surface area contributed by atoms with Crippen LogP contribution in [-0.2, 0) is 14.3 Å². The van der Waals surface area contributed by atoms with E-state index in [4.69, 9.17) is 9.92 Å². The minimum atomic E-state index is -3.47. The van der Waals surface area contributed by atoms with Crippen molar-refractivity contribution in [2.24, 2.45) is 11.7 Å². The van der Waals surface area contributed by atoms with Crippen LogP contribution in [0.15, 0.2) is 20.3 Å². The molecule has 0 amide bonds. The van der Waals surface area contributed by atoms with E-state index in [-0.39, 0.29) is 12.0 Å². The highest BCUT2D eigenvalue weighted by molar-refractivity contribution is 14.1. The van der Waals surface area contributed by atoms with Gasteiger partial charge in [-0.25, -0.2) is 0 Å². The Bertz CT molecular complexity index is 538.